The maximum atomic E-state index is 12.4. The van der Waals surface area contributed by atoms with Gasteiger partial charge in [-0.3, -0.25) is 0 Å². The van der Waals surface area contributed by atoms with Crippen LogP contribution in [-0.2, 0) is 16.6 Å². The molecule has 0 aliphatic carbocycles. The number of nitrogens with zero attached hydrogens (tertiary/aromatic N) is 1. The van der Waals surface area contributed by atoms with Crippen molar-refractivity contribution in [1.29, 1.82) is 0 Å². The van der Waals surface area contributed by atoms with Crippen molar-refractivity contribution in [2.24, 2.45) is 0 Å². The molecule has 2 rings (SSSR count). The summed E-state index contributed by atoms with van der Waals surface area (Å²) in [6, 6.07) is 3.25. The van der Waals surface area contributed by atoms with Crippen molar-refractivity contribution in [1.82, 2.24) is 4.31 Å². The van der Waals surface area contributed by atoms with Crippen molar-refractivity contribution in [3.63, 3.8) is 0 Å². The fourth-order valence-corrected chi connectivity index (χ4v) is 6.17. The molecule has 0 bridgehead atoms. The molecule has 0 unspecified atom stereocenters. The van der Waals surface area contributed by atoms with Gasteiger partial charge in [-0.1, -0.05) is 0 Å². The van der Waals surface area contributed by atoms with E-state index in [-0.39, 0.29) is 11.4 Å². The largest absolute Gasteiger partial charge is 0.391 e. The Morgan fingerprint density at radius 3 is 2.72 bits per heavy atom. The van der Waals surface area contributed by atoms with Crippen LogP contribution in [0.25, 0.3) is 0 Å². The Hall–Kier alpha value is -0.0800. The predicted molar refractivity (Wildman–Crippen MR) is 75.5 cm³/mol. The summed E-state index contributed by atoms with van der Waals surface area (Å²) in [5.41, 5.74) is 0. The van der Waals surface area contributed by atoms with Crippen LogP contribution in [0.15, 0.2) is 16.3 Å². The maximum Gasteiger partial charge on any atom is 0.252 e. The fraction of sp³-hybridized carbons (Fsp3) is 0.636. The van der Waals surface area contributed by atoms with E-state index >= 15 is 0 Å². The van der Waals surface area contributed by atoms with Crippen LogP contribution in [0.3, 0.4) is 0 Å². The minimum absolute atomic E-state index is 0.0393. The van der Waals surface area contributed by atoms with Crippen LogP contribution >= 0.6 is 23.1 Å². The Balaban J connectivity index is 2.25. The highest BCUT2D eigenvalue weighted by atomic mass is 32.2. The summed E-state index contributed by atoms with van der Waals surface area (Å²) < 4.78 is 26.7. The molecule has 1 fully saturated rings. The Labute approximate surface area is 116 Å². The van der Waals surface area contributed by atoms with Crippen molar-refractivity contribution in [3.05, 3.63) is 17.0 Å². The number of hydrogen-bond acceptors (Lipinski definition) is 5. The lowest BCUT2D eigenvalue weighted by molar-refractivity contribution is 0.285. The summed E-state index contributed by atoms with van der Waals surface area (Å²) >= 11 is 2.95. The second kappa shape index (κ2) is 5.13. The Morgan fingerprint density at radius 2 is 2.17 bits per heavy atom. The topological polar surface area (TPSA) is 57.6 Å². The SMILES string of the molecule is CC1(C)CN(S(=O)(=O)c2ccc(CO)s2)CCS1. The van der Waals surface area contributed by atoms with Gasteiger partial charge in [-0.25, -0.2) is 8.42 Å². The van der Waals surface area contributed by atoms with Crippen LogP contribution in [-0.4, -0.2) is 41.4 Å². The van der Waals surface area contributed by atoms with Gasteiger partial charge in [0, 0.05) is 28.5 Å². The van der Waals surface area contributed by atoms with Gasteiger partial charge in [0.05, 0.1) is 6.61 Å². The lowest BCUT2D eigenvalue weighted by Gasteiger charge is -2.36. The van der Waals surface area contributed by atoms with Crippen molar-refractivity contribution < 1.29 is 13.5 Å². The van der Waals surface area contributed by atoms with E-state index in [1.165, 1.54) is 0 Å². The first-order chi connectivity index (χ1) is 8.35. The van der Waals surface area contributed by atoms with Crippen molar-refractivity contribution in [2.75, 3.05) is 18.8 Å². The van der Waals surface area contributed by atoms with Crippen LogP contribution in [0.4, 0.5) is 0 Å². The molecular formula is C11H17NO3S3. The van der Waals surface area contributed by atoms with Gasteiger partial charge in [0.1, 0.15) is 4.21 Å². The second-order valence-electron chi connectivity index (χ2n) is 4.83. The van der Waals surface area contributed by atoms with Crippen LogP contribution in [0.5, 0.6) is 0 Å². The van der Waals surface area contributed by atoms with Crippen molar-refractivity contribution in [2.45, 2.75) is 29.4 Å². The zero-order valence-electron chi connectivity index (χ0n) is 10.4. The average molecular weight is 307 g/mol. The molecule has 7 heteroatoms. The molecule has 18 heavy (non-hydrogen) atoms. The molecule has 0 radical (unpaired) electrons. The summed E-state index contributed by atoms with van der Waals surface area (Å²) in [7, 11) is -3.39. The second-order valence-corrected chi connectivity index (χ2v) is 9.96. The summed E-state index contributed by atoms with van der Waals surface area (Å²) in [6.07, 6.45) is 0. The minimum Gasteiger partial charge on any atom is -0.391 e. The molecule has 1 aromatic rings. The van der Waals surface area contributed by atoms with E-state index in [1.54, 1.807) is 28.2 Å². The first-order valence-corrected chi connectivity index (χ1v) is 8.93. The van der Waals surface area contributed by atoms with E-state index in [2.05, 4.69) is 13.8 Å². The smallest absolute Gasteiger partial charge is 0.252 e. The molecular weight excluding hydrogens is 290 g/mol. The highest BCUT2D eigenvalue weighted by Crippen LogP contribution is 2.33. The van der Waals surface area contributed by atoms with Gasteiger partial charge in [-0.05, 0) is 26.0 Å². The van der Waals surface area contributed by atoms with Gasteiger partial charge in [-0.2, -0.15) is 16.1 Å². The summed E-state index contributed by atoms with van der Waals surface area (Å²) in [5.74, 6) is 0.824. The first-order valence-electron chi connectivity index (χ1n) is 5.69. The van der Waals surface area contributed by atoms with E-state index in [4.69, 9.17) is 5.11 Å². The van der Waals surface area contributed by atoms with Gasteiger partial charge in [0.15, 0.2) is 0 Å². The van der Waals surface area contributed by atoms with Crippen LogP contribution in [0.1, 0.15) is 18.7 Å². The van der Waals surface area contributed by atoms with Crippen LogP contribution < -0.4 is 0 Å². The van der Waals surface area contributed by atoms with Crippen LogP contribution in [0.2, 0.25) is 0 Å². The maximum absolute atomic E-state index is 12.4. The molecule has 1 aliphatic rings. The monoisotopic (exact) mass is 307 g/mol. The molecule has 0 saturated carbocycles. The molecule has 1 saturated heterocycles. The predicted octanol–water partition coefficient (Wildman–Crippen LogP) is 1.76. The number of aliphatic hydroxyl groups is 1. The number of aliphatic hydroxyl groups excluding tert-OH is 1. The molecule has 1 N–H and O–H groups in total. The van der Waals surface area contributed by atoms with Crippen LogP contribution in [0, 0.1) is 0 Å². The third-order valence-electron chi connectivity index (χ3n) is 2.78. The van der Waals surface area contributed by atoms with Gasteiger partial charge in [0.25, 0.3) is 10.0 Å². The third kappa shape index (κ3) is 2.91. The standard InChI is InChI=1S/C11H17NO3S3/c1-11(2)8-12(5-6-16-11)18(14,15)10-4-3-9(7-13)17-10/h3-4,13H,5-8H2,1-2H3. The normalized spacial score (nSPS) is 21.1. The number of thiophene rings is 1. The Bertz CT molecular complexity index is 521. The minimum atomic E-state index is -3.39. The lowest BCUT2D eigenvalue weighted by Crippen LogP contribution is -2.45. The molecule has 1 aromatic heterocycles. The quantitative estimate of drug-likeness (QED) is 0.924. The first kappa shape index (κ1) is 14.3. The van der Waals surface area contributed by atoms with Gasteiger partial charge in [-0.15, -0.1) is 11.3 Å². The third-order valence-corrected chi connectivity index (χ3v) is 7.46. The molecule has 0 amide bonds. The fourth-order valence-electron chi connectivity index (χ4n) is 1.89. The van der Waals surface area contributed by atoms with E-state index in [9.17, 15) is 8.42 Å². The van der Waals surface area contributed by atoms with E-state index in [1.807, 2.05) is 0 Å². The molecule has 0 aromatic carbocycles. The number of hydrogen-bond donors (Lipinski definition) is 1. The zero-order chi connectivity index (χ0) is 13.4. The van der Waals surface area contributed by atoms with Crippen molar-refractivity contribution >= 4 is 33.1 Å². The number of thioether (sulfide) groups is 1. The highest BCUT2D eigenvalue weighted by molar-refractivity contribution is 8.00. The molecule has 0 spiro atoms. The van der Waals surface area contributed by atoms with E-state index < -0.39 is 10.0 Å². The molecule has 2 heterocycles. The molecule has 0 atom stereocenters. The van der Waals surface area contributed by atoms with Crippen molar-refractivity contribution in [3.8, 4) is 0 Å². The van der Waals surface area contributed by atoms with E-state index in [0.717, 1.165) is 17.1 Å². The Kier molecular flexibility index (Phi) is 4.08. The molecule has 102 valence electrons. The lowest BCUT2D eigenvalue weighted by atomic mass is 10.2. The van der Waals surface area contributed by atoms with Gasteiger partial charge in [0.2, 0.25) is 0 Å². The summed E-state index contributed by atoms with van der Waals surface area (Å²) in [4.78, 5) is 0.680. The van der Waals surface area contributed by atoms with E-state index in [0.29, 0.717) is 22.2 Å². The summed E-state index contributed by atoms with van der Waals surface area (Å²) in [6.45, 7) is 5.11. The molecule has 4 nitrogen and oxygen atoms in total. The average Bonchev–Trinajstić information content (AvgIpc) is 2.76. The molecule has 1 aliphatic heterocycles. The van der Waals surface area contributed by atoms with Gasteiger partial charge < -0.3 is 5.11 Å². The highest BCUT2D eigenvalue weighted by Gasteiger charge is 2.35. The number of sulfonamides is 1. The summed E-state index contributed by atoms with van der Waals surface area (Å²) in [5, 5.41) is 9.01. The number of rotatable bonds is 3. The zero-order valence-corrected chi connectivity index (χ0v) is 12.9. The Morgan fingerprint density at radius 1 is 1.44 bits per heavy atom. The van der Waals surface area contributed by atoms with Gasteiger partial charge >= 0.3 is 0 Å².